The minimum atomic E-state index is -1.06. The van der Waals surface area contributed by atoms with Gasteiger partial charge in [0, 0.05) is 18.1 Å². The molecule has 6 heteroatoms. The fraction of sp³-hybridized carbons (Fsp3) is 0.412. The second-order valence-electron chi connectivity index (χ2n) is 5.51. The van der Waals surface area contributed by atoms with Crippen LogP contribution >= 0.6 is 0 Å². The highest BCUT2D eigenvalue weighted by Gasteiger charge is 2.28. The van der Waals surface area contributed by atoms with E-state index in [-0.39, 0.29) is 18.3 Å². The maximum atomic E-state index is 12.5. The number of amides is 1. The number of carbonyl (C=O) groups excluding carboxylic acids is 1. The third-order valence-electron chi connectivity index (χ3n) is 3.96. The zero-order chi connectivity index (χ0) is 17.0. The zero-order valence-electron chi connectivity index (χ0n) is 13.5. The van der Waals surface area contributed by atoms with E-state index in [1.807, 2.05) is 25.1 Å². The number of carboxylic acid groups (broad SMARTS) is 1. The van der Waals surface area contributed by atoms with Crippen molar-refractivity contribution in [2.24, 2.45) is 5.92 Å². The number of ether oxygens (including phenoxy) is 1. The van der Waals surface area contributed by atoms with Crippen molar-refractivity contribution in [3.63, 3.8) is 0 Å². The SMILES string of the molecule is CC[C@H](C)[C@H](NC(=O)c1oc2ccccc2c1COC)C(=O)O. The minimum absolute atomic E-state index is 0.0996. The first kappa shape index (κ1) is 17.0. The Labute approximate surface area is 134 Å². The largest absolute Gasteiger partial charge is 0.480 e. The third-order valence-corrected chi connectivity index (χ3v) is 3.96. The molecule has 0 fully saturated rings. The summed E-state index contributed by atoms with van der Waals surface area (Å²) in [4.78, 5) is 23.9. The maximum absolute atomic E-state index is 12.5. The molecule has 0 aliphatic heterocycles. The molecule has 6 nitrogen and oxygen atoms in total. The van der Waals surface area contributed by atoms with Crippen LogP contribution in [-0.2, 0) is 16.1 Å². The van der Waals surface area contributed by atoms with E-state index in [1.54, 1.807) is 13.0 Å². The molecule has 2 atom stereocenters. The number of carboxylic acids is 1. The molecule has 23 heavy (non-hydrogen) atoms. The van der Waals surface area contributed by atoms with Gasteiger partial charge in [-0.3, -0.25) is 4.79 Å². The molecule has 0 radical (unpaired) electrons. The van der Waals surface area contributed by atoms with Crippen LogP contribution in [0.4, 0.5) is 0 Å². The number of para-hydroxylation sites is 1. The average Bonchev–Trinajstić information content (AvgIpc) is 2.91. The summed E-state index contributed by atoms with van der Waals surface area (Å²) in [7, 11) is 1.53. The van der Waals surface area contributed by atoms with Gasteiger partial charge in [0.05, 0.1) is 6.61 Å². The number of nitrogens with one attached hydrogen (secondary N) is 1. The summed E-state index contributed by atoms with van der Waals surface area (Å²) in [6.45, 7) is 3.87. The molecule has 124 valence electrons. The molecule has 1 heterocycles. The molecule has 0 aliphatic rings. The summed E-state index contributed by atoms with van der Waals surface area (Å²) in [6.07, 6.45) is 0.641. The molecule has 2 rings (SSSR count). The smallest absolute Gasteiger partial charge is 0.326 e. The first-order valence-electron chi connectivity index (χ1n) is 7.52. The van der Waals surface area contributed by atoms with Gasteiger partial charge in [-0.2, -0.15) is 0 Å². The topological polar surface area (TPSA) is 88.8 Å². The molecule has 0 bridgehead atoms. The van der Waals surface area contributed by atoms with Crippen LogP contribution in [-0.4, -0.2) is 30.1 Å². The first-order chi connectivity index (χ1) is 11.0. The Balaban J connectivity index is 2.36. The fourth-order valence-corrected chi connectivity index (χ4v) is 2.46. The Kier molecular flexibility index (Phi) is 5.39. The van der Waals surface area contributed by atoms with Crippen LogP contribution in [0.2, 0.25) is 0 Å². The number of furan rings is 1. The van der Waals surface area contributed by atoms with Crippen molar-refractivity contribution < 1.29 is 23.8 Å². The Morgan fingerprint density at radius 2 is 2.04 bits per heavy atom. The van der Waals surface area contributed by atoms with Gasteiger partial charge in [-0.15, -0.1) is 0 Å². The van der Waals surface area contributed by atoms with Crippen LogP contribution in [0.5, 0.6) is 0 Å². The Morgan fingerprint density at radius 3 is 2.65 bits per heavy atom. The van der Waals surface area contributed by atoms with Crippen LogP contribution in [0.3, 0.4) is 0 Å². The van der Waals surface area contributed by atoms with Crippen molar-refractivity contribution in [3.8, 4) is 0 Å². The summed E-state index contributed by atoms with van der Waals surface area (Å²) in [5, 5.41) is 12.7. The van der Waals surface area contributed by atoms with Crippen molar-refractivity contribution in [3.05, 3.63) is 35.6 Å². The van der Waals surface area contributed by atoms with Crippen molar-refractivity contribution in [1.82, 2.24) is 5.32 Å². The number of rotatable bonds is 7. The van der Waals surface area contributed by atoms with Gasteiger partial charge in [0.25, 0.3) is 5.91 Å². The Bertz CT molecular complexity index is 706. The number of hydrogen-bond donors (Lipinski definition) is 2. The zero-order valence-corrected chi connectivity index (χ0v) is 13.5. The van der Waals surface area contributed by atoms with Crippen LogP contribution in [0.15, 0.2) is 28.7 Å². The predicted molar refractivity (Wildman–Crippen MR) is 85.3 cm³/mol. The third kappa shape index (κ3) is 3.53. The molecule has 1 aromatic carbocycles. The average molecular weight is 319 g/mol. The lowest BCUT2D eigenvalue weighted by atomic mass is 9.99. The van der Waals surface area contributed by atoms with E-state index in [0.717, 1.165) is 5.39 Å². The second kappa shape index (κ2) is 7.28. The van der Waals surface area contributed by atoms with Gasteiger partial charge in [0.1, 0.15) is 11.6 Å². The van der Waals surface area contributed by atoms with E-state index in [2.05, 4.69) is 5.32 Å². The first-order valence-corrected chi connectivity index (χ1v) is 7.52. The van der Waals surface area contributed by atoms with Crippen molar-refractivity contribution in [1.29, 1.82) is 0 Å². The highest BCUT2D eigenvalue weighted by atomic mass is 16.5. The standard InChI is InChI=1S/C17H21NO5/c1-4-10(2)14(17(20)21)18-16(19)15-12(9-22-3)11-7-5-6-8-13(11)23-15/h5-8,10,14H,4,9H2,1-3H3,(H,18,19)(H,20,21)/t10-,14-/m0/s1. The molecule has 1 amide bonds. The van der Waals surface area contributed by atoms with Crippen LogP contribution < -0.4 is 5.32 Å². The van der Waals surface area contributed by atoms with Gasteiger partial charge < -0.3 is 19.6 Å². The van der Waals surface area contributed by atoms with E-state index in [0.29, 0.717) is 17.6 Å². The highest BCUT2D eigenvalue weighted by molar-refractivity contribution is 6.00. The predicted octanol–water partition coefficient (Wildman–Crippen LogP) is 2.81. The fourth-order valence-electron chi connectivity index (χ4n) is 2.46. The second-order valence-corrected chi connectivity index (χ2v) is 5.51. The van der Waals surface area contributed by atoms with E-state index >= 15 is 0 Å². The molecule has 0 aliphatic carbocycles. The normalized spacial score (nSPS) is 13.7. The number of aliphatic carboxylic acids is 1. The number of benzene rings is 1. The molecule has 0 spiro atoms. The monoisotopic (exact) mass is 319 g/mol. The molecule has 2 N–H and O–H groups in total. The Hall–Kier alpha value is -2.34. The summed E-state index contributed by atoms with van der Waals surface area (Å²) >= 11 is 0. The quantitative estimate of drug-likeness (QED) is 0.819. The minimum Gasteiger partial charge on any atom is -0.480 e. The van der Waals surface area contributed by atoms with Gasteiger partial charge in [-0.1, -0.05) is 38.5 Å². The molecule has 0 saturated carbocycles. The van der Waals surface area contributed by atoms with Gasteiger partial charge in [0.2, 0.25) is 0 Å². The summed E-state index contributed by atoms with van der Waals surface area (Å²) in [5.41, 5.74) is 1.19. The van der Waals surface area contributed by atoms with Crippen molar-refractivity contribution in [2.45, 2.75) is 32.9 Å². The van der Waals surface area contributed by atoms with Crippen LogP contribution in [0.1, 0.15) is 36.4 Å². The molecular formula is C17H21NO5. The lowest BCUT2D eigenvalue weighted by Gasteiger charge is -2.19. The van der Waals surface area contributed by atoms with Crippen LogP contribution in [0, 0.1) is 5.92 Å². The summed E-state index contributed by atoms with van der Waals surface area (Å²) in [6, 6.07) is 6.29. The summed E-state index contributed by atoms with van der Waals surface area (Å²) < 4.78 is 10.8. The number of methoxy groups -OCH3 is 1. The maximum Gasteiger partial charge on any atom is 0.326 e. The highest BCUT2D eigenvalue weighted by Crippen LogP contribution is 2.26. The summed E-state index contributed by atoms with van der Waals surface area (Å²) in [5.74, 6) is -1.69. The van der Waals surface area contributed by atoms with Gasteiger partial charge in [-0.25, -0.2) is 4.79 Å². The Morgan fingerprint density at radius 1 is 1.35 bits per heavy atom. The number of hydrogen-bond acceptors (Lipinski definition) is 4. The number of fused-ring (bicyclic) bond motifs is 1. The number of carbonyl (C=O) groups is 2. The van der Waals surface area contributed by atoms with Gasteiger partial charge in [0.15, 0.2) is 5.76 Å². The van der Waals surface area contributed by atoms with Crippen LogP contribution in [0.25, 0.3) is 11.0 Å². The van der Waals surface area contributed by atoms with E-state index < -0.39 is 17.9 Å². The van der Waals surface area contributed by atoms with Crippen molar-refractivity contribution >= 4 is 22.8 Å². The molecule has 1 aromatic heterocycles. The van der Waals surface area contributed by atoms with Crippen molar-refractivity contribution in [2.75, 3.05) is 7.11 Å². The van der Waals surface area contributed by atoms with E-state index in [4.69, 9.17) is 9.15 Å². The van der Waals surface area contributed by atoms with E-state index in [9.17, 15) is 14.7 Å². The molecule has 2 aromatic rings. The molecular weight excluding hydrogens is 298 g/mol. The lowest BCUT2D eigenvalue weighted by molar-refractivity contribution is -0.140. The molecule has 0 unspecified atom stereocenters. The van der Waals surface area contributed by atoms with Gasteiger partial charge in [-0.05, 0) is 12.0 Å². The van der Waals surface area contributed by atoms with E-state index in [1.165, 1.54) is 7.11 Å². The lowest BCUT2D eigenvalue weighted by Crippen LogP contribution is -2.45. The van der Waals surface area contributed by atoms with Gasteiger partial charge >= 0.3 is 5.97 Å². The molecule has 0 saturated heterocycles.